The Bertz CT molecular complexity index is 1250. The number of amides is 1. The molecule has 160 valence electrons. The van der Waals surface area contributed by atoms with Crippen molar-refractivity contribution in [2.75, 3.05) is 16.2 Å². The maximum Gasteiger partial charge on any atom is 0.267 e. The van der Waals surface area contributed by atoms with Crippen LogP contribution in [0.5, 0.6) is 5.75 Å². The lowest BCUT2D eigenvalue weighted by Gasteiger charge is -2.34. The summed E-state index contributed by atoms with van der Waals surface area (Å²) < 4.78 is 47.1. The van der Waals surface area contributed by atoms with Crippen LogP contribution in [0.1, 0.15) is 5.56 Å². The molecule has 0 spiro atoms. The quantitative estimate of drug-likeness (QED) is 0.626. The Balaban J connectivity index is 1.70. The molecule has 0 aliphatic carbocycles. The van der Waals surface area contributed by atoms with Crippen molar-refractivity contribution in [3.8, 4) is 5.75 Å². The predicted molar refractivity (Wildman–Crippen MR) is 117 cm³/mol. The fourth-order valence-electron chi connectivity index (χ4n) is 3.22. The molecular formula is C22H18ClFN2O4S. The Morgan fingerprint density at radius 3 is 2.58 bits per heavy atom. The number of hydrogen-bond acceptors (Lipinski definition) is 4. The van der Waals surface area contributed by atoms with E-state index in [4.69, 9.17) is 16.3 Å². The Kier molecular flexibility index (Phi) is 5.60. The number of rotatable bonds is 4. The van der Waals surface area contributed by atoms with Crippen molar-refractivity contribution in [3.63, 3.8) is 0 Å². The number of benzene rings is 3. The summed E-state index contributed by atoms with van der Waals surface area (Å²) in [6.07, 6.45) is -1.16. The second kappa shape index (κ2) is 8.20. The molecule has 3 aromatic carbocycles. The number of carbonyl (C=O) groups is 1. The molecule has 0 saturated heterocycles. The third kappa shape index (κ3) is 4.35. The zero-order valence-electron chi connectivity index (χ0n) is 16.4. The molecule has 0 radical (unpaired) electrons. The number of halogens is 2. The van der Waals surface area contributed by atoms with Crippen molar-refractivity contribution in [2.24, 2.45) is 0 Å². The van der Waals surface area contributed by atoms with Crippen LogP contribution in [0.25, 0.3) is 0 Å². The van der Waals surface area contributed by atoms with Gasteiger partial charge in [-0.15, -0.1) is 0 Å². The summed E-state index contributed by atoms with van der Waals surface area (Å²) in [5.41, 5.74) is 1.39. The molecule has 1 unspecified atom stereocenters. The van der Waals surface area contributed by atoms with Gasteiger partial charge in [-0.2, -0.15) is 0 Å². The van der Waals surface area contributed by atoms with Gasteiger partial charge in [-0.1, -0.05) is 35.4 Å². The van der Waals surface area contributed by atoms with E-state index in [1.54, 1.807) is 18.2 Å². The third-order valence-corrected chi connectivity index (χ3v) is 6.81. The van der Waals surface area contributed by atoms with Gasteiger partial charge in [0, 0.05) is 10.7 Å². The number of carbonyl (C=O) groups excluding carboxylic acids is 1. The van der Waals surface area contributed by atoms with E-state index < -0.39 is 27.9 Å². The number of aryl methyl sites for hydroxylation is 1. The van der Waals surface area contributed by atoms with Gasteiger partial charge < -0.3 is 10.1 Å². The first-order valence-corrected chi connectivity index (χ1v) is 11.2. The first kappa shape index (κ1) is 21.1. The molecule has 1 amide bonds. The average molecular weight is 461 g/mol. The van der Waals surface area contributed by atoms with Crippen molar-refractivity contribution in [2.45, 2.75) is 17.9 Å². The first-order chi connectivity index (χ1) is 14.7. The molecule has 9 heteroatoms. The SMILES string of the molecule is Cc1ccc(S(=O)(=O)N2CC(C(=O)Nc3cccc(F)c3)Oc3ccc(Cl)cc32)cc1. The highest BCUT2D eigenvalue weighted by molar-refractivity contribution is 7.92. The van der Waals surface area contributed by atoms with Crippen molar-refractivity contribution in [1.82, 2.24) is 0 Å². The van der Waals surface area contributed by atoms with Crippen molar-refractivity contribution < 1.29 is 22.3 Å². The van der Waals surface area contributed by atoms with Crippen molar-refractivity contribution in [3.05, 3.63) is 83.1 Å². The first-order valence-electron chi connectivity index (χ1n) is 9.36. The van der Waals surface area contributed by atoms with Crippen LogP contribution in [0.15, 0.2) is 71.6 Å². The lowest BCUT2D eigenvalue weighted by molar-refractivity contribution is -0.122. The minimum absolute atomic E-state index is 0.0789. The van der Waals surface area contributed by atoms with Crippen molar-refractivity contribution >= 4 is 38.9 Å². The van der Waals surface area contributed by atoms with Gasteiger partial charge in [-0.05, 0) is 55.5 Å². The Morgan fingerprint density at radius 2 is 1.87 bits per heavy atom. The normalized spacial score (nSPS) is 15.7. The number of fused-ring (bicyclic) bond motifs is 1. The Labute approximate surface area is 184 Å². The van der Waals surface area contributed by atoms with Crippen LogP contribution in [0.2, 0.25) is 5.02 Å². The van der Waals surface area contributed by atoms with Crippen LogP contribution in [0.3, 0.4) is 0 Å². The van der Waals surface area contributed by atoms with Gasteiger partial charge in [0.25, 0.3) is 15.9 Å². The predicted octanol–water partition coefficient (Wildman–Crippen LogP) is 4.38. The highest BCUT2D eigenvalue weighted by atomic mass is 35.5. The number of nitrogens with one attached hydrogen (secondary N) is 1. The number of sulfonamides is 1. The summed E-state index contributed by atoms with van der Waals surface area (Å²) in [4.78, 5) is 12.9. The molecule has 3 aromatic rings. The zero-order chi connectivity index (χ0) is 22.2. The number of hydrogen-bond donors (Lipinski definition) is 1. The topological polar surface area (TPSA) is 75.7 Å². The summed E-state index contributed by atoms with van der Waals surface area (Å²) in [6, 6.07) is 16.3. The second-order valence-corrected chi connectivity index (χ2v) is 9.37. The van der Waals surface area contributed by atoms with Gasteiger partial charge in [0.05, 0.1) is 17.1 Å². The van der Waals surface area contributed by atoms with E-state index in [9.17, 15) is 17.6 Å². The van der Waals surface area contributed by atoms with E-state index in [0.717, 1.165) is 15.9 Å². The van der Waals surface area contributed by atoms with E-state index in [2.05, 4.69) is 5.32 Å². The summed E-state index contributed by atoms with van der Waals surface area (Å²) in [5, 5.41) is 2.89. The summed E-state index contributed by atoms with van der Waals surface area (Å²) in [7, 11) is -4.00. The highest BCUT2D eigenvalue weighted by Crippen LogP contribution is 2.39. The molecule has 4 rings (SSSR count). The fourth-order valence-corrected chi connectivity index (χ4v) is 4.85. The smallest absolute Gasteiger partial charge is 0.267 e. The van der Waals surface area contributed by atoms with E-state index in [0.29, 0.717) is 5.02 Å². The molecule has 1 aliphatic rings. The average Bonchev–Trinajstić information content (AvgIpc) is 2.73. The standard InChI is InChI=1S/C22H18ClFN2O4S/c1-14-5-8-18(9-6-14)31(28,29)26-13-21(30-20-10-7-15(23)11-19(20)26)22(27)25-17-4-2-3-16(24)12-17/h2-12,21H,13H2,1H3,(H,25,27). The van der Waals surface area contributed by atoms with Crippen LogP contribution in [0.4, 0.5) is 15.8 Å². The van der Waals surface area contributed by atoms with E-state index in [1.165, 1.54) is 42.5 Å². The molecule has 6 nitrogen and oxygen atoms in total. The molecule has 1 aliphatic heterocycles. The molecule has 1 heterocycles. The second-order valence-electron chi connectivity index (χ2n) is 7.07. The van der Waals surface area contributed by atoms with Crippen LogP contribution < -0.4 is 14.4 Å². The van der Waals surface area contributed by atoms with Crippen LogP contribution in [-0.4, -0.2) is 27.0 Å². The minimum atomic E-state index is -4.00. The Morgan fingerprint density at radius 1 is 1.13 bits per heavy atom. The number of anilines is 2. The molecule has 31 heavy (non-hydrogen) atoms. The van der Waals surface area contributed by atoms with Gasteiger partial charge >= 0.3 is 0 Å². The van der Waals surface area contributed by atoms with Gasteiger partial charge in [-0.25, -0.2) is 12.8 Å². The maximum absolute atomic E-state index is 13.4. The molecule has 0 bridgehead atoms. The van der Waals surface area contributed by atoms with Crippen LogP contribution >= 0.6 is 11.6 Å². The van der Waals surface area contributed by atoms with Gasteiger partial charge in [0.15, 0.2) is 6.10 Å². The fraction of sp³-hybridized carbons (Fsp3) is 0.136. The lowest BCUT2D eigenvalue weighted by Crippen LogP contribution is -2.48. The molecular weight excluding hydrogens is 443 g/mol. The Hall–Kier alpha value is -3.10. The van der Waals surface area contributed by atoms with Crippen LogP contribution in [-0.2, 0) is 14.8 Å². The molecule has 1 N–H and O–H groups in total. The lowest BCUT2D eigenvalue weighted by atomic mass is 10.2. The van der Waals surface area contributed by atoms with E-state index >= 15 is 0 Å². The maximum atomic E-state index is 13.4. The molecule has 0 saturated carbocycles. The molecule has 0 fully saturated rings. The van der Waals surface area contributed by atoms with Gasteiger partial charge in [0.1, 0.15) is 11.6 Å². The summed E-state index contributed by atoms with van der Waals surface area (Å²) >= 11 is 6.09. The number of nitrogens with zero attached hydrogens (tertiary/aromatic N) is 1. The van der Waals surface area contributed by atoms with E-state index in [1.807, 2.05) is 6.92 Å². The summed E-state index contributed by atoms with van der Waals surface area (Å²) in [5.74, 6) is -0.910. The zero-order valence-corrected chi connectivity index (χ0v) is 18.0. The van der Waals surface area contributed by atoms with Gasteiger partial charge in [-0.3, -0.25) is 9.10 Å². The minimum Gasteiger partial charge on any atom is -0.476 e. The van der Waals surface area contributed by atoms with Crippen molar-refractivity contribution in [1.29, 1.82) is 0 Å². The van der Waals surface area contributed by atoms with E-state index in [-0.39, 0.29) is 28.6 Å². The summed E-state index contributed by atoms with van der Waals surface area (Å²) in [6.45, 7) is 1.58. The third-order valence-electron chi connectivity index (χ3n) is 4.78. The molecule has 0 aromatic heterocycles. The monoisotopic (exact) mass is 460 g/mol. The largest absolute Gasteiger partial charge is 0.476 e. The van der Waals surface area contributed by atoms with Gasteiger partial charge in [0.2, 0.25) is 0 Å². The van der Waals surface area contributed by atoms with Crippen LogP contribution in [0, 0.1) is 12.7 Å². The number of ether oxygens (including phenoxy) is 1. The highest BCUT2D eigenvalue weighted by Gasteiger charge is 2.37. The molecule has 1 atom stereocenters.